The van der Waals surface area contributed by atoms with Crippen LogP contribution in [0.15, 0.2) is 24.3 Å². The van der Waals surface area contributed by atoms with Crippen molar-refractivity contribution >= 4 is 5.97 Å². The van der Waals surface area contributed by atoms with Gasteiger partial charge in [-0.25, -0.2) is 9.87 Å². The van der Waals surface area contributed by atoms with Crippen molar-refractivity contribution < 1.29 is 29.7 Å². The zero-order valence-corrected chi connectivity index (χ0v) is 17.5. The molecule has 0 radical (unpaired) electrons. The lowest BCUT2D eigenvalue weighted by atomic mass is 9.84. The number of aryl methyl sites for hydroxylation is 1. The Bertz CT molecular complexity index is 644. The summed E-state index contributed by atoms with van der Waals surface area (Å²) in [5, 5.41) is 39.0. The first-order valence-electron chi connectivity index (χ1n) is 11.1. The largest absolute Gasteiger partial charge is 0.481 e. The molecular formula is C23H36FNO5. The van der Waals surface area contributed by atoms with Gasteiger partial charge >= 0.3 is 5.97 Å². The monoisotopic (exact) mass is 425 g/mol. The SMILES string of the molecule is O=C(O)CCCCCCC1C(O)CC(NO)C1CCC(O)CCc1ccccc1F. The Balaban J connectivity index is 1.76. The number of aliphatic hydroxyl groups excluding tert-OH is 2. The maximum Gasteiger partial charge on any atom is 0.303 e. The normalized spacial score (nSPS) is 24.8. The molecule has 5 atom stereocenters. The topological polar surface area (TPSA) is 110 Å². The van der Waals surface area contributed by atoms with Crippen LogP contribution in [-0.4, -0.2) is 44.7 Å². The lowest BCUT2D eigenvalue weighted by Crippen LogP contribution is -2.32. The number of nitrogens with one attached hydrogen (secondary N) is 1. The fraction of sp³-hybridized carbons (Fsp3) is 0.696. The van der Waals surface area contributed by atoms with Crippen LogP contribution in [0.5, 0.6) is 0 Å². The molecule has 0 amide bonds. The highest BCUT2D eigenvalue weighted by molar-refractivity contribution is 5.66. The van der Waals surface area contributed by atoms with E-state index in [2.05, 4.69) is 5.48 Å². The predicted octanol–water partition coefficient (Wildman–Crippen LogP) is 3.67. The van der Waals surface area contributed by atoms with Gasteiger partial charge in [0.05, 0.1) is 12.2 Å². The van der Waals surface area contributed by atoms with E-state index in [1.54, 1.807) is 18.2 Å². The molecule has 1 fully saturated rings. The Kier molecular flexibility index (Phi) is 10.7. The van der Waals surface area contributed by atoms with Crippen LogP contribution in [0.25, 0.3) is 0 Å². The second kappa shape index (κ2) is 13.0. The number of halogens is 1. The van der Waals surface area contributed by atoms with E-state index in [9.17, 15) is 24.6 Å². The van der Waals surface area contributed by atoms with Crippen LogP contribution in [0.3, 0.4) is 0 Å². The van der Waals surface area contributed by atoms with Gasteiger partial charge in [0.25, 0.3) is 0 Å². The summed E-state index contributed by atoms with van der Waals surface area (Å²) in [6, 6.07) is 6.39. The third-order valence-electron chi connectivity index (χ3n) is 6.44. The third kappa shape index (κ3) is 7.95. The summed E-state index contributed by atoms with van der Waals surface area (Å²) < 4.78 is 13.7. The van der Waals surface area contributed by atoms with Crippen LogP contribution in [0, 0.1) is 17.7 Å². The third-order valence-corrected chi connectivity index (χ3v) is 6.44. The molecule has 0 aliphatic heterocycles. The minimum atomic E-state index is -0.772. The maximum atomic E-state index is 13.7. The molecule has 0 heterocycles. The highest BCUT2D eigenvalue weighted by atomic mass is 19.1. The van der Waals surface area contributed by atoms with Crippen molar-refractivity contribution in [2.75, 3.05) is 0 Å². The minimum Gasteiger partial charge on any atom is -0.481 e. The van der Waals surface area contributed by atoms with E-state index in [4.69, 9.17) is 5.11 Å². The van der Waals surface area contributed by atoms with Gasteiger partial charge in [-0.05, 0) is 68.4 Å². The van der Waals surface area contributed by atoms with E-state index in [1.165, 1.54) is 6.07 Å². The number of carboxylic acids is 1. The van der Waals surface area contributed by atoms with Gasteiger partial charge in [-0.15, -0.1) is 0 Å². The number of carboxylic acid groups (broad SMARTS) is 1. The summed E-state index contributed by atoms with van der Waals surface area (Å²) in [7, 11) is 0. The van der Waals surface area contributed by atoms with Crippen molar-refractivity contribution in [1.82, 2.24) is 5.48 Å². The molecule has 1 saturated carbocycles. The van der Waals surface area contributed by atoms with Gasteiger partial charge in [0, 0.05) is 12.5 Å². The summed E-state index contributed by atoms with van der Waals surface area (Å²) in [4.78, 5) is 10.6. The van der Waals surface area contributed by atoms with Crippen LogP contribution in [0.4, 0.5) is 4.39 Å². The summed E-state index contributed by atoms with van der Waals surface area (Å²) >= 11 is 0. The zero-order chi connectivity index (χ0) is 21.9. The minimum absolute atomic E-state index is 0.0490. The molecule has 5 N–H and O–H groups in total. The van der Waals surface area contributed by atoms with Gasteiger partial charge in [-0.1, -0.05) is 37.5 Å². The summed E-state index contributed by atoms with van der Waals surface area (Å²) in [6.07, 6.45) is 5.97. The number of hydrogen-bond acceptors (Lipinski definition) is 5. The van der Waals surface area contributed by atoms with Crippen LogP contribution in [0.1, 0.15) is 69.8 Å². The highest BCUT2D eigenvalue weighted by Crippen LogP contribution is 2.39. The van der Waals surface area contributed by atoms with Crippen LogP contribution >= 0.6 is 0 Å². The van der Waals surface area contributed by atoms with Crippen LogP contribution in [0.2, 0.25) is 0 Å². The van der Waals surface area contributed by atoms with E-state index in [1.807, 2.05) is 0 Å². The number of hydroxylamine groups is 1. The number of unbranched alkanes of at least 4 members (excludes halogenated alkanes) is 3. The number of aliphatic hydroxyl groups is 2. The molecular weight excluding hydrogens is 389 g/mol. The van der Waals surface area contributed by atoms with Crippen molar-refractivity contribution in [2.45, 2.75) is 88.9 Å². The molecule has 0 spiro atoms. The second-order valence-electron chi connectivity index (χ2n) is 8.57. The summed E-state index contributed by atoms with van der Waals surface area (Å²) in [5.74, 6) is -0.914. The molecule has 1 aliphatic carbocycles. The first-order valence-corrected chi connectivity index (χ1v) is 11.1. The van der Waals surface area contributed by atoms with Crippen LogP contribution in [-0.2, 0) is 11.2 Å². The van der Waals surface area contributed by atoms with Crippen molar-refractivity contribution in [3.05, 3.63) is 35.6 Å². The standard InChI is InChI=1S/C23H36FNO5/c24-20-9-6-5-7-16(20)11-12-17(26)13-14-18-19(22(27)15-21(18)25-30)8-3-1-2-4-10-23(28)29/h5-7,9,17-19,21-22,25-27,30H,1-4,8,10-15H2,(H,28,29). The molecule has 5 unspecified atom stereocenters. The average Bonchev–Trinajstić information content (AvgIpc) is 3.02. The molecule has 30 heavy (non-hydrogen) atoms. The molecule has 2 rings (SSSR count). The number of rotatable bonds is 14. The predicted molar refractivity (Wildman–Crippen MR) is 112 cm³/mol. The Morgan fingerprint density at radius 1 is 1.10 bits per heavy atom. The fourth-order valence-electron chi connectivity index (χ4n) is 4.73. The Morgan fingerprint density at radius 3 is 2.53 bits per heavy atom. The zero-order valence-electron chi connectivity index (χ0n) is 17.5. The molecule has 0 saturated heterocycles. The molecule has 7 heteroatoms. The smallest absolute Gasteiger partial charge is 0.303 e. The molecule has 1 aliphatic rings. The number of carbonyl (C=O) groups is 1. The van der Waals surface area contributed by atoms with Gasteiger partial charge in [0.1, 0.15) is 5.82 Å². The van der Waals surface area contributed by atoms with Gasteiger partial charge in [-0.2, -0.15) is 0 Å². The maximum absolute atomic E-state index is 13.7. The van der Waals surface area contributed by atoms with Gasteiger partial charge < -0.3 is 20.5 Å². The molecule has 1 aromatic carbocycles. The Labute approximate surface area is 178 Å². The molecule has 1 aromatic rings. The molecule has 0 bridgehead atoms. The van der Waals surface area contributed by atoms with E-state index in [-0.39, 0.29) is 30.1 Å². The van der Waals surface area contributed by atoms with Crippen molar-refractivity contribution in [3.63, 3.8) is 0 Å². The van der Waals surface area contributed by atoms with Gasteiger partial charge in [0.2, 0.25) is 0 Å². The highest BCUT2D eigenvalue weighted by Gasteiger charge is 2.41. The molecule has 0 aromatic heterocycles. The summed E-state index contributed by atoms with van der Waals surface area (Å²) in [5.41, 5.74) is 2.93. The van der Waals surface area contributed by atoms with Gasteiger partial charge in [-0.3, -0.25) is 4.79 Å². The van der Waals surface area contributed by atoms with Crippen molar-refractivity contribution in [1.29, 1.82) is 0 Å². The van der Waals surface area contributed by atoms with E-state index in [0.29, 0.717) is 44.1 Å². The lowest BCUT2D eigenvalue weighted by molar-refractivity contribution is -0.137. The second-order valence-corrected chi connectivity index (χ2v) is 8.57. The fourth-order valence-corrected chi connectivity index (χ4v) is 4.73. The number of benzene rings is 1. The average molecular weight is 426 g/mol. The number of aliphatic carboxylic acids is 1. The Morgan fingerprint density at radius 2 is 1.83 bits per heavy atom. The lowest BCUT2D eigenvalue weighted by Gasteiger charge is -2.26. The van der Waals surface area contributed by atoms with Crippen LogP contribution < -0.4 is 5.48 Å². The van der Waals surface area contributed by atoms with Gasteiger partial charge in [0.15, 0.2) is 0 Å². The van der Waals surface area contributed by atoms with E-state index < -0.39 is 18.2 Å². The molecule has 170 valence electrons. The van der Waals surface area contributed by atoms with E-state index >= 15 is 0 Å². The quantitative estimate of drug-likeness (QED) is 0.230. The first kappa shape index (κ1) is 24.7. The van der Waals surface area contributed by atoms with Crippen molar-refractivity contribution in [2.24, 2.45) is 11.8 Å². The van der Waals surface area contributed by atoms with Crippen molar-refractivity contribution in [3.8, 4) is 0 Å². The summed E-state index contributed by atoms with van der Waals surface area (Å²) in [6.45, 7) is 0. The van der Waals surface area contributed by atoms with E-state index in [0.717, 1.165) is 25.7 Å². The Hall–Kier alpha value is -1.54. The number of hydrogen-bond donors (Lipinski definition) is 5. The first-order chi connectivity index (χ1) is 14.4. The molecule has 6 nitrogen and oxygen atoms in total.